The Balaban J connectivity index is 1.73. The molecule has 0 fully saturated rings. The first-order chi connectivity index (χ1) is 14.5. The van der Waals surface area contributed by atoms with Crippen LogP contribution in [0.1, 0.15) is 29.8 Å². The van der Waals surface area contributed by atoms with E-state index in [2.05, 4.69) is 39.6 Å². The maximum Gasteiger partial charge on any atom is 0.256 e. The molecule has 30 heavy (non-hydrogen) atoms. The summed E-state index contributed by atoms with van der Waals surface area (Å²) in [5.74, 6) is 1.58. The number of rotatable bonds is 9. The molecule has 1 N–H and O–H groups in total. The highest BCUT2D eigenvalue weighted by atomic mass is 16.5. The Morgan fingerprint density at radius 1 is 1.00 bits per heavy atom. The summed E-state index contributed by atoms with van der Waals surface area (Å²) in [7, 11) is 4.02. The largest absolute Gasteiger partial charge is 0.490 e. The van der Waals surface area contributed by atoms with Gasteiger partial charge in [-0.1, -0.05) is 12.1 Å². The van der Waals surface area contributed by atoms with Gasteiger partial charge < -0.3 is 19.7 Å². The van der Waals surface area contributed by atoms with Gasteiger partial charge in [0.05, 0.1) is 26.0 Å². The van der Waals surface area contributed by atoms with E-state index >= 15 is 0 Å². The Morgan fingerprint density at radius 3 is 2.37 bits per heavy atom. The zero-order valence-electron chi connectivity index (χ0n) is 17.9. The highest BCUT2D eigenvalue weighted by Crippen LogP contribution is 2.29. The molecule has 2 aromatic carbocycles. The van der Waals surface area contributed by atoms with Gasteiger partial charge >= 0.3 is 0 Å². The average molecular weight is 409 g/mol. The van der Waals surface area contributed by atoms with Crippen LogP contribution < -0.4 is 19.7 Å². The minimum atomic E-state index is -0.233. The lowest BCUT2D eigenvalue weighted by molar-refractivity contribution is 0.102. The molecule has 1 heterocycles. The highest BCUT2D eigenvalue weighted by molar-refractivity contribution is 6.04. The lowest BCUT2D eigenvalue weighted by atomic mass is 10.2. The Kier molecular flexibility index (Phi) is 6.95. The molecule has 0 saturated heterocycles. The van der Waals surface area contributed by atoms with E-state index in [4.69, 9.17) is 9.47 Å². The fraction of sp³-hybridized carbons (Fsp3) is 0.304. The van der Waals surface area contributed by atoms with Crippen LogP contribution in [0, 0.1) is 0 Å². The monoisotopic (exact) mass is 408 g/mol. The number of carbonyl (C=O) groups is 1. The summed E-state index contributed by atoms with van der Waals surface area (Å²) >= 11 is 0. The number of nitrogens with zero attached hydrogens (tertiary/aromatic N) is 3. The van der Waals surface area contributed by atoms with Crippen molar-refractivity contribution in [3.05, 3.63) is 65.9 Å². The number of aromatic nitrogens is 2. The zero-order chi connectivity index (χ0) is 21.5. The molecular formula is C23H28N4O3. The molecule has 0 aliphatic rings. The van der Waals surface area contributed by atoms with Crippen molar-refractivity contribution >= 4 is 17.4 Å². The highest BCUT2D eigenvalue weighted by Gasteiger charge is 2.14. The molecule has 7 nitrogen and oxygen atoms in total. The van der Waals surface area contributed by atoms with Gasteiger partial charge in [0.25, 0.3) is 5.91 Å². The number of benzene rings is 2. The van der Waals surface area contributed by atoms with Crippen LogP contribution in [0.3, 0.4) is 0 Å². The normalized spacial score (nSPS) is 10.5. The average Bonchev–Trinajstić information content (AvgIpc) is 3.16. The first-order valence-electron chi connectivity index (χ1n) is 10.0. The summed E-state index contributed by atoms with van der Waals surface area (Å²) in [6.45, 7) is 5.38. The second kappa shape index (κ2) is 9.82. The van der Waals surface area contributed by atoms with Gasteiger partial charge in [0, 0.05) is 31.4 Å². The van der Waals surface area contributed by atoms with E-state index in [1.807, 2.05) is 27.9 Å². The molecule has 1 amide bonds. The maximum atomic E-state index is 12.8. The topological polar surface area (TPSA) is 68.6 Å². The molecule has 0 saturated carbocycles. The molecule has 0 radical (unpaired) electrons. The van der Waals surface area contributed by atoms with Crippen molar-refractivity contribution < 1.29 is 14.3 Å². The summed E-state index contributed by atoms with van der Waals surface area (Å²) in [5, 5.41) is 7.28. The number of nitrogens with one attached hydrogen (secondary N) is 1. The molecule has 0 aliphatic carbocycles. The third kappa shape index (κ3) is 5.11. The van der Waals surface area contributed by atoms with Crippen molar-refractivity contribution in [2.75, 3.05) is 37.5 Å². The van der Waals surface area contributed by atoms with Crippen LogP contribution in [0.2, 0.25) is 0 Å². The first kappa shape index (κ1) is 21.2. The van der Waals surface area contributed by atoms with Gasteiger partial charge in [-0.25, -0.2) is 4.68 Å². The van der Waals surface area contributed by atoms with E-state index in [1.54, 1.807) is 35.1 Å². The molecule has 0 unspecified atom stereocenters. The predicted octanol–water partition coefficient (Wildman–Crippen LogP) is 4.05. The lowest BCUT2D eigenvalue weighted by Gasteiger charge is -2.14. The van der Waals surface area contributed by atoms with E-state index in [-0.39, 0.29) is 5.91 Å². The molecular weight excluding hydrogens is 380 g/mol. The Bertz CT molecular complexity index is 980. The summed E-state index contributed by atoms with van der Waals surface area (Å²) in [5.41, 5.74) is 2.72. The second-order valence-electron chi connectivity index (χ2n) is 6.92. The molecule has 3 rings (SSSR count). The fourth-order valence-electron chi connectivity index (χ4n) is 3.02. The van der Waals surface area contributed by atoms with Crippen LogP contribution in [-0.4, -0.2) is 43.0 Å². The molecule has 0 spiro atoms. The van der Waals surface area contributed by atoms with E-state index in [1.165, 1.54) is 0 Å². The molecule has 0 bridgehead atoms. The van der Waals surface area contributed by atoms with Gasteiger partial charge in [-0.3, -0.25) is 4.79 Å². The summed E-state index contributed by atoms with van der Waals surface area (Å²) in [4.78, 5) is 14.9. The summed E-state index contributed by atoms with van der Waals surface area (Å²) in [6, 6.07) is 15.2. The van der Waals surface area contributed by atoms with Crippen LogP contribution in [0.5, 0.6) is 11.5 Å². The van der Waals surface area contributed by atoms with Crippen LogP contribution in [0.25, 0.3) is 0 Å². The third-order valence-corrected chi connectivity index (χ3v) is 4.55. The van der Waals surface area contributed by atoms with Crippen molar-refractivity contribution in [3.8, 4) is 11.5 Å². The predicted molar refractivity (Wildman–Crippen MR) is 119 cm³/mol. The molecule has 7 heteroatoms. The van der Waals surface area contributed by atoms with Gasteiger partial charge in [-0.2, -0.15) is 5.10 Å². The van der Waals surface area contributed by atoms with Crippen molar-refractivity contribution in [1.29, 1.82) is 0 Å². The molecule has 0 aliphatic heterocycles. The molecule has 158 valence electrons. The molecule has 1 aromatic heterocycles. The number of ether oxygens (including phenoxy) is 2. The van der Waals surface area contributed by atoms with E-state index < -0.39 is 0 Å². The van der Waals surface area contributed by atoms with Gasteiger partial charge in [0.1, 0.15) is 5.82 Å². The van der Waals surface area contributed by atoms with Crippen LogP contribution >= 0.6 is 0 Å². The first-order valence-corrected chi connectivity index (χ1v) is 10.0. The zero-order valence-corrected chi connectivity index (χ0v) is 17.9. The Hall–Kier alpha value is -3.48. The summed E-state index contributed by atoms with van der Waals surface area (Å²) in [6.07, 6.45) is 1.67. The van der Waals surface area contributed by atoms with Crippen molar-refractivity contribution in [2.24, 2.45) is 0 Å². The van der Waals surface area contributed by atoms with Gasteiger partial charge in [0.2, 0.25) is 0 Å². The smallest absolute Gasteiger partial charge is 0.256 e. The number of anilines is 2. The lowest BCUT2D eigenvalue weighted by Crippen LogP contribution is -2.16. The standard InChI is InChI=1S/C23H28N4O3/c1-5-29-20-12-9-18(15-21(20)30-6-2)23(28)25-22-13-14-24-27(22)16-17-7-10-19(11-8-17)26(3)4/h7-15H,5-6,16H2,1-4H3,(H,25,28). The van der Waals surface area contributed by atoms with Crippen molar-refractivity contribution in [1.82, 2.24) is 9.78 Å². The minimum Gasteiger partial charge on any atom is -0.490 e. The second-order valence-corrected chi connectivity index (χ2v) is 6.92. The van der Waals surface area contributed by atoms with Gasteiger partial charge in [0.15, 0.2) is 11.5 Å². The fourth-order valence-corrected chi connectivity index (χ4v) is 3.02. The third-order valence-electron chi connectivity index (χ3n) is 4.55. The minimum absolute atomic E-state index is 0.233. The van der Waals surface area contributed by atoms with Crippen molar-refractivity contribution in [2.45, 2.75) is 20.4 Å². The van der Waals surface area contributed by atoms with E-state index in [9.17, 15) is 4.79 Å². The molecule has 0 atom stereocenters. The van der Waals surface area contributed by atoms with E-state index in [0.717, 1.165) is 11.3 Å². The van der Waals surface area contributed by atoms with Gasteiger partial charge in [-0.05, 0) is 49.7 Å². The van der Waals surface area contributed by atoms with Crippen LogP contribution in [0.15, 0.2) is 54.7 Å². The maximum absolute atomic E-state index is 12.8. The Labute approximate surface area is 177 Å². The van der Waals surface area contributed by atoms with Crippen LogP contribution in [0.4, 0.5) is 11.5 Å². The van der Waals surface area contributed by atoms with Gasteiger partial charge in [-0.15, -0.1) is 0 Å². The van der Waals surface area contributed by atoms with Crippen LogP contribution in [-0.2, 0) is 6.54 Å². The quantitative estimate of drug-likeness (QED) is 0.579. The SMILES string of the molecule is CCOc1ccc(C(=O)Nc2ccnn2Cc2ccc(N(C)C)cc2)cc1OCC. The molecule has 3 aromatic rings. The number of amides is 1. The van der Waals surface area contributed by atoms with Crippen molar-refractivity contribution in [3.63, 3.8) is 0 Å². The Morgan fingerprint density at radius 2 is 1.70 bits per heavy atom. The number of hydrogen-bond acceptors (Lipinski definition) is 5. The number of hydrogen-bond donors (Lipinski definition) is 1. The summed E-state index contributed by atoms with van der Waals surface area (Å²) < 4.78 is 12.9. The number of carbonyl (C=O) groups excluding carboxylic acids is 1. The van der Waals surface area contributed by atoms with E-state index in [0.29, 0.717) is 42.6 Å².